The van der Waals surface area contributed by atoms with Crippen LogP contribution in [0.4, 0.5) is 0 Å². The lowest BCUT2D eigenvalue weighted by molar-refractivity contribution is 0.317. The van der Waals surface area contributed by atoms with Gasteiger partial charge in [0.15, 0.2) is 0 Å². The summed E-state index contributed by atoms with van der Waals surface area (Å²) in [5.74, 6) is 0.968. The number of likely N-dealkylation sites (N-methyl/N-ethyl adjacent to an activating group) is 1. The van der Waals surface area contributed by atoms with E-state index in [-0.39, 0.29) is 0 Å². The highest BCUT2D eigenvalue weighted by atomic mass is 16.5. The molecule has 0 amide bonds. The Balaban J connectivity index is 2.37. The van der Waals surface area contributed by atoms with Crippen molar-refractivity contribution in [2.75, 3.05) is 19.7 Å². The van der Waals surface area contributed by atoms with Crippen LogP contribution in [-0.4, -0.2) is 25.7 Å². The molecule has 1 aromatic carbocycles. The number of rotatable bonds is 9. The van der Waals surface area contributed by atoms with Crippen LogP contribution in [0.2, 0.25) is 0 Å². The number of hydrogen-bond acceptors (Lipinski definition) is 3. The van der Waals surface area contributed by atoms with Gasteiger partial charge in [-0.2, -0.15) is 0 Å². The molecule has 18 heavy (non-hydrogen) atoms. The van der Waals surface area contributed by atoms with Crippen LogP contribution in [0.25, 0.3) is 0 Å². The summed E-state index contributed by atoms with van der Waals surface area (Å²) in [4.78, 5) is 0. The first-order chi connectivity index (χ1) is 8.76. The Hall–Kier alpha value is -1.06. The predicted molar refractivity (Wildman–Crippen MR) is 77.1 cm³/mol. The molecule has 0 aliphatic rings. The summed E-state index contributed by atoms with van der Waals surface area (Å²) in [6.07, 6.45) is 1.04. The molecule has 3 heteroatoms. The second kappa shape index (κ2) is 8.95. The van der Waals surface area contributed by atoms with E-state index >= 15 is 0 Å². The summed E-state index contributed by atoms with van der Waals surface area (Å²) >= 11 is 0. The molecule has 0 aliphatic heterocycles. The highest BCUT2D eigenvalue weighted by Crippen LogP contribution is 2.13. The van der Waals surface area contributed by atoms with E-state index in [0.717, 1.165) is 38.4 Å². The number of nitrogens with one attached hydrogen (secondary N) is 2. The molecular formula is C15H26N2O. The van der Waals surface area contributed by atoms with Gasteiger partial charge < -0.3 is 15.4 Å². The third kappa shape index (κ3) is 6.03. The SMILES string of the molecule is CCCOc1cccc(CNC(C)CNCC)c1. The van der Waals surface area contributed by atoms with Gasteiger partial charge in [0, 0.05) is 19.1 Å². The fourth-order valence-corrected chi connectivity index (χ4v) is 1.69. The van der Waals surface area contributed by atoms with E-state index in [1.807, 2.05) is 6.07 Å². The third-order valence-electron chi connectivity index (χ3n) is 2.73. The molecule has 0 radical (unpaired) electrons. The van der Waals surface area contributed by atoms with E-state index < -0.39 is 0 Å². The Bertz CT molecular complexity index is 328. The molecule has 3 nitrogen and oxygen atoms in total. The molecule has 0 aliphatic carbocycles. The molecule has 0 saturated carbocycles. The molecule has 0 saturated heterocycles. The summed E-state index contributed by atoms with van der Waals surface area (Å²) in [5.41, 5.74) is 1.27. The van der Waals surface area contributed by atoms with Gasteiger partial charge in [0.25, 0.3) is 0 Å². The second-order valence-electron chi connectivity index (χ2n) is 4.59. The van der Waals surface area contributed by atoms with Crippen LogP contribution in [0.15, 0.2) is 24.3 Å². The number of hydrogen-bond donors (Lipinski definition) is 2. The molecule has 1 aromatic rings. The van der Waals surface area contributed by atoms with Crippen LogP contribution in [0.1, 0.15) is 32.8 Å². The zero-order valence-electron chi connectivity index (χ0n) is 11.8. The van der Waals surface area contributed by atoms with Crippen molar-refractivity contribution in [2.24, 2.45) is 0 Å². The van der Waals surface area contributed by atoms with E-state index in [9.17, 15) is 0 Å². The van der Waals surface area contributed by atoms with Crippen LogP contribution >= 0.6 is 0 Å². The van der Waals surface area contributed by atoms with Gasteiger partial charge in [-0.1, -0.05) is 26.0 Å². The third-order valence-corrected chi connectivity index (χ3v) is 2.73. The van der Waals surface area contributed by atoms with Crippen LogP contribution < -0.4 is 15.4 Å². The zero-order chi connectivity index (χ0) is 13.2. The van der Waals surface area contributed by atoms with Crippen molar-refractivity contribution >= 4 is 0 Å². The van der Waals surface area contributed by atoms with Crippen LogP contribution in [0.5, 0.6) is 5.75 Å². The lowest BCUT2D eigenvalue weighted by atomic mass is 10.2. The van der Waals surface area contributed by atoms with Gasteiger partial charge in [-0.05, 0) is 37.6 Å². The molecule has 1 unspecified atom stereocenters. The molecule has 102 valence electrons. The largest absolute Gasteiger partial charge is 0.494 e. The Labute approximate surface area is 111 Å². The predicted octanol–water partition coefficient (Wildman–Crippen LogP) is 2.56. The average molecular weight is 250 g/mol. The Morgan fingerprint density at radius 1 is 1.28 bits per heavy atom. The Kier molecular flexibility index (Phi) is 7.46. The molecule has 0 spiro atoms. The summed E-state index contributed by atoms with van der Waals surface area (Å²) in [6.45, 7) is 10.1. The van der Waals surface area contributed by atoms with Crippen LogP contribution in [-0.2, 0) is 6.54 Å². The Morgan fingerprint density at radius 3 is 2.83 bits per heavy atom. The minimum absolute atomic E-state index is 0.477. The summed E-state index contributed by atoms with van der Waals surface area (Å²) in [6, 6.07) is 8.79. The first kappa shape index (κ1) is 15.0. The minimum atomic E-state index is 0.477. The Morgan fingerprint density at radius 2 is 2.11 bits per heavy atom. The van der Waals surface area contributed by atoms with E-state index in [1.165, 1.54) is 5.56 Å². The van der Waals surface area contributed by atoms with Gasteiger partial charge in [0.1, 0.15) is 5.75 Å². The highest BCUT2D eigenvalue weighted by molar-refractivity contribution is 5.28. The van der Waals surface area contributed by atoms with Gasteiger partial charge in [-0.25, -0.2) is 0 Å². The maximum atomic E-state index is 5.63. The highest BCUT2D eigenvalue weighted by Gasteiger charge is 2.01. The molecular weight excluding hydrogens is 224 g/mol. The smallest absolute Gasteiger partial charge is 0.119 e. The molecule has 0 bridgehead atoms. The molecule has 1 atom stereocenters. The molecule has 2 N–H and O–H groups in total. The quantitative estimate of drug-likeness (QED) is 0.706. The van der Waals surface area contributed by atoms with E-state index in [2.05, 4.69) is 49.6 Å². The summed E-state index contributed by atoms with van der Waals surface area (Å²) in [5, 5.41) is 6.84. The standard InChI is InChI=1S/C15H26N2O/c1-4-9-18-15-8-6-7-14(10-15)12-17-13(3)11-16-5-2/h6-8,10,13,16-17H,4-5,9,11-12H2,1-3H3. The van der Waals surface area contributed by atoms with E-state index in [1.54, 1.807) is 0 Å². The van der Waals surface area contributed by atoms with Crippen LogP contribution in [0.3, 0.4) is 0 Å². The first-order valence-electron chi connectivity index (χ1n) is 6.92. The number of benzene rings is 1. The number of ether oxygens (including phenoxy) is 1. The van der Waals surface area contributed by atoms with Crippen molar-refractivity contribution in [1.82, 2.24) is 10.6 Å². The fraction of sp³-hybridized carbons (Fsp3) is 0.600. The van der Waals surface area contributed by atoms with Crippen LogP contribution in [0, 0.1) is 0 Å². The topological polar surface area (TPSA) is 33.3 Å². The van der Waals surface area contributed by atoms with Crippen molar-refractivity contribution in [2.45, 2.75) is 39.8 Å². The summed E-state index contributed by atoms with van der Waals surface area (Å²) < 4.78 is 5.63. The lowest BCUT2D eigenvalue weighted by Crippen LogP contribution is -2.35. The first-order valence-corrected chi connectivity index (χ1v) is 6.92. The van der Waals surface area contributed by atoms with E-state index in [0.29, 0.717) is 6.04 Å². The maximum Gasteiger partial charge on any atom is 0.119 e. The minimum Gasteiger partial charge on any atom is -0.494 e. The van der Waals surface area contributed by atoms with Gasteiger partial charge in [0.2, 0.25) is 0 Å². The monoisotopic (exact) mass is 250 g/mol. The van der Waals surface area contributed by atoms with Crippen molar-refractivity contribution < 1.29 is 4.74 Å². The van der Waals surface area contributed by atoms with Crippen molar-refractivity contribution in [3.63, 3.8) is 0 Å². The molecule has 0 fully saturated rings. The summed E-state index contributed by atoms with van der Waals surface area (Å²) in [7, 11) is 0. The van der Waals surface area contributed by atoms with Gasteiger partial charge >= 0.3 is 0 Å². The normalized spacial score (nSPS) is 12.4. The zero-order valence-corrected chi connectivity index (χ0v) is 11.8. The lowest BCUT2D eigenvalue weighted by Gasteiger charge is -2.14. The van der Waals surface area contributed by atoms with Gasteiger partial charge in [-0.3, -0.25) is 0 Å². The average Bonchev–Trinajstić information content (AvgIpc) is 2.41. The second-order valence-corrected chi connectivity index (χ2v) is 4.59. The van der Waals surface area contributed by atoms with Gasteiger partial charge in [-0.15, -0.1) is 0 Å². The maximum absolute atomic E-state index is 5.63. The molecule has 0 aromatic heterocycles. The van der Waals surface area contributed by atoms with Gasteiger partial charge in [0.05, 0.1) is 6.61 Å². The van der Waals surface area contributed by atoms with Crippen molar-refractivity contribution in [1.29, 1.82) is 0 Å². The van der Waals surface area contributed by atoms with E-state index in [4.69, 9.17) is 4.74 Å². The fourth-order valence-electron chi connectivity index (χ4n) is 1.69. The molecule has 0 heterocycles. The molecule has 1 rings (SSSR count). The van der Waals surface area contributed by atoms with Crippen molar-refractivity contribution in [3.8, 4) is 5.75 Å². The van der Waals surface area contributed by atoms with Crippen molar-refractivity contribution in [3.05, 3.63) is 29.8 Å².